The molecule has 3 nitrogen and oxygen atoms in total. The van der Waals surface area contributed by atoms with Gasteiger partial charge in [-0.25, -0.2) is 9.59 Å². The van der Waals surface area contributed by atoms with Crippen molar-refractivity contribution < 1.29 is 14.3 Å². The third-order valence-electron chi connectivity index (χ3n) is 1.28. The van der Waals surface area contributed by atoms with Crippen molar-refractivity contribution in [1.82, 2.24) is 0 Å². The molecule has 1 unspecified atom stereocenters. The van der Waals surface area contributed by atoms with Gasteiger partial charge in [0, 0.05) is 0 Å². The van der Waals surface area contributed by atoms with Gasteiger partial charge in [0.1, 0.15) is 11.5 Å². The van der Waals surface area contributed by atoms with Crippen LogP contribution < -0.4 is 0 Å². The van der Waals surface area contributed by atoms with Crippen molar-refractivity contribution in [3.8, 4) is 0 Å². The lowest BCUT2D eigenvalue weighted by Crippen LogP contribution is -2.15. The van der Waals surface area contributed by atoms with Crippen LogP contribution in [0.15, 0.2) is 5.57 Å². The van der Waals surface area contributed by atoms with E-state index in [1.807, 2.05) is 6.92 Å². The highest BCUT2D eigenvalue weighted by atomic mass is 79.9. The number of carbonyl (C=O) groups is 1. The molecule has 0 amide bonds. The van der Waals surface area contributed by atoms with Crippen LogP contribution in [0.1, 0.15) is 20.3 Å². The lowest BCUT2D eigenvalue weighted by atomic mass is 10.2. The molecular formula is C8H11BrO3. The van der Waals surface area contributed by atoms with Gasteiger partial charge in [-0.2, -0.15) is 0 Å². The molecular weight excluding hydrogens is 224 g/mol. The Kier molecular flexibility index (Phi) is 5.68. The van der Waals surface area contributed by atoms with Crippen LogP contribution in [0.2, 0.25) is 0 Å². The molecule has 0 bridgehead atoms. The Hall–Kier alpha value is -0.600. The van der Waals surface area contributed by atoms with Crippen LogP contribution in [0, 0.1) is 0 Å². The number of ether oxygens (including phenoxy) is 1. The van der Waals surface area contributed by atoms with Crippen molar-refractivity contribution in [3.05, 3.63) is 5.57 Å². The standard InChI is InChI=1S/C8H11BrO3/c1-3-7(9)6(5-10)8(11)12-4-2/h7H,3-4H2,1-2H3. The summed E-state index contributed by atoms with van der Waals surface area (Å²) in [7, 11) is 0. The summed E-state index contributed by atoms with van der Waals surface area (Å²) in [6.45, 7) is 3.82. The van der Waals surface area contributed by atoms with Crippen molar-refractivity contribution >= 4 is 27.8 Å². The topological polar surface area (TPSA) is 43.4 Å². The molecule has 0 N–H and O–H groups in total. The van der Waals surface area contributed by atoms with Crippen LogP contribution in [0.4, 0.5) is 0 Å². The summed E-state index contributed by atoms with van der Waals surface area (Å²) in [5.41, 5.74) is 0.0272. The van der Waals surface area contributed by atoms with E-state index in [9.17, 15) is 9.59 Å². The highest BCUT2D eigenvalue weighted by Gasteiger charge is 2.19. The molecule has 4 heteroatoms. The molecule has 0 saturated carbocycles. The number of halogens is 1. The van der Waals surface area contributed by atoms with Gasteiger partial charge in [0.25, 0.3) is 0 Å². The summed E-state index contributed by atoms with van der Waals surface area (Å²) in [4.78, 5) is 21.1. The first kappa shape index (κ1) is 11.4. The zero-order chi connectivity index (χ0) is 9.56. The van der Waals surface area contributed by atoms with E-state index < -0.39 is 5.97 Å². The molecule has 0 aliphatic heterocycles. The Morgan fingerprint density at radius 1 is 1.58 bits per heavy atom. The van der Waals surface area contributed by atoms with E-state index in [1.54, 1.807) is 12.9 Å². The van der Waals surface area contributed by atoms with Crippen LogP contribution in [-0.4, -0.2) is 23.3 Å². The molecule has 0 aliphatic carbocycles. The van der Waals surface area contributed by atoms with E-state index in [-0.39, 0.29) is 17.0 Å². The monoisotopic (exact) mass is 234 g/mol. The maximum Gasteiger partial charge on any atom is 0.346 e. The minimum absolute atomic E-state index is 0.0272. The maximum atomic E-state index is 11.0. The third-order valence-corrected chi connectivity index (χ3v) is 2.38. The zero-order valence-electron chi connectivity index (χ0n) is 7.09. The molecule has 68 valence electrons. The predicted molar refractivity (Wildman–Crippen MR) is 48.8 cm³/mol. The van der Waals surface area contributed by atoms with Crippen molar-refractivity contribution in [2.45, 2.75) is 25.1 Å². The molecule has 1 atom stereocenters. The molecule has 0 radical (unpaired) electrons. The minimum atomic E-state index is -0.587. The van der Waals surface area contributed by atoms with Crippen LogP contribution >= 0.6 is 15.9 Å². The molecule has 12 heavy (non-hydrogen) atoms. The molecule has 0 saturated heterocycles. The smallest absolute Gasteiger partial charge is 0.346 e. The van der Waals surface area contributed by atoms with E-state index in [0.717, 1.165) is 0 Å². The van der Waals surface area contributed by atoms with E-state index in [1.165, 1.54) is 0 Å². The molecule has 0 aliphatic rings. The fraction of sp³-hybridized carbons (Fsp3) is 0.625. The second kappa shape index (κ2) is 5.98. The summed E-state index contributed by atoms with van der Waals surface area (Å²) >= 11 is 3.17. The first-order valence-corrected chi connectivity index (χ1v) is 4.65. The minimum Gasteiger partial charge on any atom is -0.462 e. The summed E-state index contributed by atoms with van der Waals surface area (Å²) < 4.78 is 4.65. The lowest BCUT2D eigenvalue weighted by molar-refractivity contribution is -0.138. The number of carbonyl (C=O) groups excluding carboxylic acids is 2. The van der Waals surface area contributed by atoms with Crippen molar-refractivity contribution in [1.29, 1.82) is 0 Å². The van der Waals surface area contributed by atoms with Gasteiger partial charge in [-0.3, -0.25) is 0 Å². The van der Waals surface area contributed by atoms with Gasteiger partial charge >= 0.3 is 5.97 Å². The van der Waals surface area contributed by atoms with E-state index in [4.69, 9.17) is 0 Å². The van der Waals surface area contributed by atoms with E-state index >= 15 is 0 Å². The zero-order valence-corrected chi connectivity index (χ0v) is 8.68. The molecule has 0 fully saturated rings. The SMILES string of the molecule is CCOC(=O)C(=C=O)C(Br)CC. The summed E-state index contributed by atoms with van der Waals surface area (Å²) in [5, 5.41) is 0. The van der Waals surface area contributed by atoms with E-state index in [0.29, 0.717) is 6.42 Å². The summed E-state index contributed by atoms with van der Waals surface area (Å²) in [6.07, 6.45) is 0.656. The van der Waals surface area contributed by atoms with Crippen LogP contribution in [0.5, 0.6) is 0 Å². The quantitative estimate of drug-likeness (QED) is 0.321. The highest BCUT2D eigenvalue weighted by Crippen LogP contribution is 2.14. The Morgan fingerprint density at radius 2 is 2.17 bits per heavy atom. The van der Waals surface area contributed by atoms with Crippen LogP contribution in [0.25, 0.3) is 0 Å². The lowest BCUT2D eigenvalue weighted by Gasteiger charge is -2.06. The largest absolute Gasteiger partial charge is 0.462 e. The van der Waals surface area contributed by atoms with Gasteiger partial charge in [-0.15, -0.1) is 0 Å². The summed E-state index contributed by atoms with van der Waals surface area (Å²) in [5.74, 6) is 0.996. The van der Waals surface area contributed by atoms with Gasteiger partial charge in [-0.1, -0.05) is 22.9 Å². The molecule has 0 heterocycles. The van der Waals surface area contributed by atoms with Gasteiger partial charge in [0.05, 0.1) is 11.4 Å². The Bertz CT molecular complexity index is 206. The normalized spacial score (nSPS) is 11.6. The van der Waals surface area contributed by atoms with Crippen LogP contribution in [0.3, 0.4) is 0 Å². The van der Waals surface area contributed by atoms with Crippen LogP contribution in [-0.2, 0) is 14.3 Å². The number of alkyl halides is 1. The predicted octanol–water partition coefficient (Wildman–Crippen LogP) is 1.48. The van der Waals surface area contributed by atoms with E-state index in [2.05, 4.69) is 20.7 Å². The third kappa shape index (κ3) is 3.20. The van der Waals surface area contributed by atoms with Crippen molar-refractivity contribution in [2.24, 2.45) is 0 Å². The number of hydrogen-bond acceptors (Lipinski definition) is 3. The molecule has 0 rings (SSSR count). The average molecular weight is 235 g/mol. The van der Waals surface area contributed by atoms with Crippen molar-refractivity contribution in [3.63, 3.8) is 0 Å². The first-order valence-electron chi connectivity index (χ1n) is 3.73. The Morgan fingerprint density at radius 3 is 2.50 bits per heavy atom. The molecule has 0 aromatic heterocycles. The Labute approximate surface area is 79.9 Å². The fourth-order valence-corrected chi connectivity index (χ4v) is 0.927. The van der Waals surface area contributed by atoms with Gasteiger partial charge in [-0.05, 0) is 13.3 Å². The molecule has 0 aromatic rings. The number of rotatable bonds is 4. The second-order valence-electron chi connectivity index (χ2n) is 2.11. The molecule has 0 aromatic carbocycles. The Balaban J connectivity index is 4.37. The first-order chi connectivity index (χ1) is 5.67. The maximum absolute atomic E-state index is 11.0. The summed E-state index contributed by atoms with van der Waals surface area (Å²) in [6, 6.07) is 0. The highest BCUT2D eigenvalue weighted by molar-refractivity contribution is 9.09. The fourth-order valence-electron chi connectivity index (χ4n) is 0.646. The van der Waals surface area contributed by atoms with Gasteiger partial charge in [0.15, 0.2) is 0 Å². The van der Waals surface area contributed by atoms with Gasteiger partial charge < -0.3 is 4.74 Å². The van der Waals surface area contributed by atoms with Crippen molar-refractivity contribution in [2.75, 3.05) is 6.61 Å². The van der Waals surface area contributed by atoms with Gasteiger partial charge in [0.2, 0.25) is 0 Å². The number of hydrogen-bond donors (Lipinski definition) is 0. The average Bonchev–Trinajstić information content (AvgIpc) is 2.06. The molecule has 0 spiro atoms. The number of esters is 1. The second-order valence-corrected chi connectivity index (χ2v) is 3.22.